The summed E-state index contributed by atoms with van der Waals surface area (Å²) in [5.41, 5.74) is -3.86. The van der Waals surface area contributed by atoms with E-state index in [0.29, 0.717) is 0 Å². The van der Waals surface area contributed by atoms with E-state index in [1.54, 1.807) is 0 Å². The number of rotatable bonds is 6. The third-order valence-corrected chi connectivity index (χ3v) is 2.71. The minimum absolute atomic E-state index is 0.771. The first kappa shape index (κ1) is 13.8. The highest BCUT2D eigenvalue weighted by molar-refractivity contribution is 4.95. The van der Waals surface area contributed by atoms with E-state index in [1.807, 2.05) is 0 Å². The van der Waals surface area contributed by atoms with Gasteiger partial charge in [0.25, 0.3) is 0 Å². The third kappa shape index (κ3) is 2.41. The van der Waals surface area contributed by atoms with Gasteiger partial charge in [0, 0.05) is 5.92 Å². The van der Waals surface area contributed by atoms with Crippen LogP contribution in [0.5, 0.6) is 0 Å². The van der Waals surface area contributed by atoms with Crippen molar-refractivity contribution in [3.05, 3.63) is 0 Å². The lowest BCUT2D eigenvalue weighted by molar-refractivity contribution is -0.182. The van der Waals surface area contributed by atoms with Gasteiger partial charge in [0.1, 0.15) is 11.2 Å². The molecule has 6 nitrogen and oxygen atoms in total. The summed E-state index contributed by atoms with van der Waals surface area (Å²) in [4.78, 5) is 0. The predicted molar refractivity (Wildman–Crippen MR) is 47.4 cm³/mol. The van der Waals surface area contributed by atoms with Gasteiger partial charge in [-0.2, -0.15) is 0 Å². The Kier molecular flexibility index (Phi) is 4.93. The molecule has 86 valence electrons. The first-order chi connectivity index (χ1) is 6.40. The Labute approximate surface area is 82.1 Å². The molecule has 14 heavy (non-hydrogen) atoms. The van der Waals surface area contributed by atoms with Crippen LogP contribution in [0.1, 0.15) is 6.92 Å². The molecule has 6 heteroatoms. The normalized spacial score (nSPS) is 13.7. The second-order valence-electron chi connectivity index (χ2n) is 3.56. The van der Waals surface area contributed by atoms with Crippen LogP contribution < -0.4 is 0 Å². The molecule has 0 saturated heterocycles. The molecule has 0 bridgehead atoms. The van der Waals surface area contributed by atoms with Crippen LogP contribution in [0.15, 0.2) is 0 Å². The fourth-order valence-electron chi connectivity index (χ4n) is 1.15. The van der Waals surface area contributed by atoms with Gasteiger partial charge in [0.15, 0.2) is 0 Å². The van der Waals surface area contributed by atoms with Crippen molar-refractivity contribution in [3.8, 4) is 0 Å². The van der Waals surface area contributed by atoms with Crippen LogP contribution in [-0.2, 0) is 0 Å². The van der Waals surface area contributed by atoms with E-state index in [9.17, 15) is 10.2 Å². The maximum Gasteiger partial charge on any atom is 0.116 e. The molecule has 0 heterocycles. The zero-order valence-corrected chi connectivity index (χ0v) is 8.09. The average Bonchev–Trinajstić information content (AvgIpc) is 2.25. The fourth-order valence-corrected chi connectivity index (χ4v) is 1.15. The van der Waals surface area contributed by atoms with E-state index >= 15 is 0 Å². The van der Waals surface area contributed by atoms with E-state index in [-0.39, 0.29) is 0 Å². The molecule has 6 N–H and O–H groups in total. The van der Waals surface area contributed by atoms with Gasteiger partial charge < -0.3 is 30.6 Å². The lowest BCUT2D eigenvalue weighted by Crippen LogP contribution is -2.58. The van der Waals surface area contributed by atoms with Crippen molar-refractivity contribution in [2.75, 3.05) is 26.4 Å². The summed E-state index contributed by atoms with van der Waals surface area (Å²) in [6.45, 7) is -1.77. The van der Waals surface area contributed by atoms with Crippen LogP contribution in [0, 0.1) is 5.92 Å². The van der Waals surface area contributed by atoms with Gasteiger partial charge in [0.2, 0.25) is 0 Å². The molecule has 0 unspecified atom stereocenters. The number of aliphatic hydroxyl groups excluding tert-OH is 4. The Morgan fingerprint density at radius 3 is 1.14 bits per heavy atom. The van der Waals surface area contributed by atoms with Crippen LogP contribution in [0.4, 0.5) is 0 Å². The van der Waals surface area contributed by atoms with Gasteiger partial charge in [-0.1, -0.05) is 6.92 Å². The molecule has 0 amide bonds. The second kappa shape index (κ2) is 5.01. The summed E-state index contributed by atoms with van der Waals surface area (Å²) >= 11 is 0. The number of hydrogen-bond acceptors (Lipinski definition) is 6. The minimum Gasteiger partial charge on any atom is -0.393 e. The first-order valence-electron chi connectivity index (χ1n) is 4.28. The smallest absolute Gasteiger partial charge is 0.116 e. The lowest BCUT2D eigenvalue weighted by atomic mass is 9.77. The van der Waals surface area contributed by atoms with Crippen molar-refractivity contribution in [1.82, 2.24) is 0 Å². The molecule has 0 aromatic carbocycles. The molecule has 0 atom stereocenters. The van der Waals surface area contributed by atoms with Crippen molar-refractivity contribution < 1.29 is 30.6 Å². The Balaban J connectivity index is 4.80. The van der Waals surface area contributed by atoms with E-state index in [4.69, 9.17) is 20.4 Å². The molecule has 0 rings (SSSR count). The van der Waals surface area contributed by atoms with E-state index in [0.717, 1.165) is 0 Å². The van der Waals surface area contributed by atoms with Crippen LogP contribution >= 0.6 is 0 Å². The molecule has 0 aromatic heterocycles. The Bertz CT molecular complexity index is 145. The molecular formula is C8H18O6. The Morgan fingerprint density at radius 2 is 1.00 bits per heavy atom. The molecule has 0 spiro atoms. The van der Waals surface area contributed by atoms with Crippen LogP contribution in [-0.4, -0.2) is 68.3 Å². The molecule has 0 aromatic rings. The Morgan fingerprint density at radius 1 is 0.786 bits per heavy atom. The summed E-state index contributed by atoms with van der Waals surface area (Å²) in [5.74, 6) is -1.07. The summed E-state index contributed by atoms with van der Waals surface area (Å²) < 4.78 is 0. The molecule has 0 saturated carbocycles. The van der Waals surface area contributed by atoms with E-state index < -0.39 is 43.5 Å². The van der Waals surface area contributed by atoms with Crippen molar-refractivity contribution >= 4 is 0 Å². The maximum absolute atomic E-state index is 9.61. The summed E-state index contributed by atoms with van der Waals surface area (Å²) in [5, 5.41) is 54.5. The highest BCUT2D eigenvalue weighted by Crippen LogP contribution is 2.27. The first-order valence-corrected chi connectivity index (χ1v) is 4.28. The van der Waals surface area contributed by atoms with Gasteiger partial charge in [-0.25, -0.2) is 0 Å². The molecule has 0 aliphatic rings. The van der Waals surface area contributed by atoms with Gasteiger partial charge in [0.05, 0.1) is 26.4 Å². The highest BCUT2D eigenvalue weighted by Gasteiger charge is 2.45. The molecule has 0 aliphatic heterocycles. The topological polar surface area (TPSA) is 121 Å². The predicted octanol–water partition coefficient (Wildman–Crippen LogP) is -2.95. The summed E-state index contributed by atoms with van der Waals surface area (Å²) in [6.07, 6.45) is 0. The zero-order valence-electron chi connectivity index (χ0n) is 8.09. The molecular weight excluding hydrogens is 192 g/mol. The van der Waals surface area contributed by atoms with Crippen molar-refractivity contribution in [2.24, 2.45) is 5.92 Å². The molecule has 0 fully saturated rings. The van der Waals surface area contributed by atoms with E-state index in [1.165, 1.54) is 6.92 Å². The van der Waals surface area contributed by atoms with Crippen LogP contribution in [0.25, 0.3) is 0 Å². The van der Waals surface area contributed by atoms with Gasteiger partial charge in [-0.3, -0.25) is 0 Å². The second-order valence-corrected chi connectivity index (χ2v) is 3.56. The van der Waals surface area contributed by atoms with Crippen molar-refractivity contribution in [3.63, 3.8) is 0 Å². The minimum atomic E-state index is -1.93. The zero-order chi connectivity index (χ0) is 11.4. The van der Waals surface area contributed by atoms with Gasteiger partial charge in [-0.15, -0.1) is 0 Å². The Hall–Kier alpha value is -0.240. The van der Waals surface area contributed by atoms with E-state index in [2.05, 4.69) is 0 Å². The molecule has 0 aliphatic carbocycles. The summed E-state index contributed by atoms with van der Waals surface area (Å²) in [6, 6.07) is 0. The van der Waals surface area contributed by atoms with Gasteiger partial charge >= 0.3 is 0 Å². The van der Waals surface area contributed by atoms with Crippen LogP contribution in [0.2, 0.25) is 0 Å². The standard InChI is InChI=1S/C8H18O6/c1-6(7(13,2-9)3-10)8(14,4-11)5-12/h6,9-14H,2-5H2,1H3. The van der Waals surface area contributed by atoms with Crippen LogP contribution in [0.3, 0.4) is 0 Å². The molecule has 0 radical (unpaired) electrons. The third-order valence-electron chi connectivity index (χ3n) is 2.71. The largest absolute Gasteiger partial charge is 0.393 e. The van der Waals surface area contributed by atoms with Gasteiger partial charge in [-0.05, 0) is 0 Å². The number of hydrogen-bond donors (Lipinski definition) is 6. The summed E-state index contributed by atoms with van der Waals surface area (Å²) in [7, 11) is 0. The maximum atomic E-state index is 9.61. The quantitative estimate of drug-likeness (QED) is 0.279. The average molecular weight is 210 g/mol. The highest BCUT2D eigenvalue weighted by atomic mass is 16.4. The number of aliphatic hydroxyl groups is 6. The SMILES string of the molecule is CC(C(O)(CO)CO)C(O)(CO)CO. The fraction of sp³-hybridized carbons (Fsp3) is 1.00. The van der Waals surface area contributed by atoms with Crippen molar-refractivity contribution in [1.29, 1.82) is 0 Å². The van der Waals surface area contributed by atoms with Crippen molar-refractivity contribution in [2.45, 2.75) is 18.1 Å². The monoisotopic (exact) mass is 210 g/mol. The lowest BCUT2D eigenvalue weighted by Gasteiger charge is -2.40.